The van der Waals surface area contributed by atoms with Gasteiger partial charge in [0.15, 0.2) is 0 Å². The highest BCUT2D eigenvalue weighted by Crippen LogP contribution is 2.26. The topological polar surface area (TPSA) is 46.2 Å². The molecule has 0 rings (SSSR count). The van der Waals surface area contributed by atoms with Crippen molar-refractivity contribution in [2.75, 3.05) is 5.88 Å². The van der Waals surface area contributed by atoms with Crippen LogP contribution in [0, 0.1) is 5.41 Å². The summed E-state index contributed by atoms with van der Waals surface area (Å²) in [7, 11) is 0. The molecule has 0 heterocycles. The van der Waals surface area contributed by atoms with Crippen molar-refractivity contribution >= 4 is 23.3 Å². The van der Waals surface area contributed by atoms with Crippen molar-refractivity contribution in [3.63, 3.8) is 0 Å². The Morgan fingerprint density at radius 3 is 2.05 bits per heavy atom. The molecule has 8 heteroatoms. The largest absolute Gasteiger partial charge is 0.383 e. The molecule has 3 nitrogen and oxygen atoms in total. The maximum absolute atomic E-state index is 12.9. The first-order valence-corrected chi connectivity index (χ1v) is 6.48. The van der Waals surface area contributed by atoms with Crippen LogP contribution in [0.4, 0.5) is 17.6 Å². The van der Waals surface area contributed by atoms with E-state index in [1.165, 1.54) is 0 Å². The third-order valence-corrected chi connectivity index (χ3v) is 2.69. The van der Waals surface area contributed by atoms with E-state index < -0.39 is 30.1 Å². The van der Waals surface area contributed by atoms with Gasteiger partial charge in [0, 0.05) is 12.5 Å². The Morgan fingerprint density at radius 1 is 1.20 bits per heavy atom. The molecule has 0 aromatic rings. The molecule has 118 valence electrons. The highest BCUT2D eigenvalue weighted by atomic mass is 35.5. The summed E-state index contributed by atoms with van der Waals surface area (Å²) in [6.07, 6.45) is -4.19. The number of amides is 1. The van der Waals surface area contributed by atoms with Gasteiger partial charge in [-0.2, -0.15) is 8.78 Å². The summed E-state index contributed by atoms with van der Waals surface area (Å²) in [5.41, 5.74) is -0.384. The van der Waals surface area contributed by atoms with Gasteiger partial charge in [-0.1, -0.05) is 20.8 Å². The van der Waals surface area contributed by atoms with Crippen molar-refractivity contribution in [2.24, 2.45) is 5.41 Å². The van der Waals surface area contributed by atoms with Crippen LogP contribution in [-0.2, 0) is 9.59 Å². The van der Waals surface area contributed by atoms with Gasteiger partial charge in [-0.3, -0.25) is 9.59 Å². The lowest BCUT2D eigenvalue weighted by Gasteiger charge is -2.27. The summed E-state index contributed by atoms with van der Waals surface area (Å²) in [4.78, 5) is 22.4. The first-order chi connectivity index (χ1) is 8.90. The van der Waals surface area contributed by atoms with E-state index in [9.17, 15) is 27.2 Å². The molecule has 0 fully saturated rings. The zero-order valence-electron chi connectivity index (χ0n) is 11.5. The second kappa shape index (κ2) is 7.24. The third kappa shape index (κ3) is 6.54. The molecule has 0 saturated heterocycles. The van der Waals surface area contributed by atoms with Crippen LogP contribution in [0.5, 0.6) is 0 Å². The number of hydrogen-bond acceptors (Lipinski definition) is 2. The second-order valence-electron chi connectivity index (χ2n) is 5.74. The van der Waals surface area contributed by atoms with Crippen molar-refractivity contribution in [3.8, 4) is 0 Å². The lowest BCUT2D eigenvalue weighted by Crippen LogP contribution is -2.50. The average molecular weight is 320 g/mol. The van der Waals surface area contributed by atoms with Gasteiger partial charge >= 0.3 is 12.3 Å². The highest BCUT2D eigenvalue weighted by molar-refractivity contribution is 6.27. The Balaban J connectivity index is 4.89. The maximum Gasteiger partial charge on any atom is 0.383 e. The lowest BCUT2D eigenvalue weighted by atomic mass is 9.86. The van der Waals surface area contributed by atoms with E-state index >= 15 is 0 Å². The number of Topliss-reactive ketones (excluding diaryl/α,β-unsaturated/α-hetero) is 1. The molecule has 0 aliphatic heterocycles. The van der Waals surface area contributed by atoms with E-state index in [4.69, 9.17) is 11.6 Å². The van der Waals surface area contributed by atoms with Gasteiger partial charge in [0.1, 0.15) is 5.78 Å². The molecule has 0 bridgehead atoms. The minimum Gasteiger partial charge on any atom is -0.347 e. The number of hydrogen-bond donors (Lipinski definition) is 1. The molecule has 0 saturated carbocycles. The Kier molecular flexibility index (Phi) is 6.93. The molecule has 1 amide bonds. The van der Waals surface area contributed by atoms with Crippen molar-refractivity contribution < 1.29 is 27.2 Å². The first kappa shape index (κ1) is 19.1. The molecular weight excluding hydrogens is 302 g/mol. The summed E-state index contributed by atoms with van der Waals surface area (Å²) >= 11 is 5.31. The summed E-state index contributed by atoms with van der Waals surface area (Å²) < 4.78 is 49.9. The van der Waals surface area contributed by atoms with E-state index in [1.54, 1.807) is 20.8 Å². The number of carbonyl (C=O) groups is 2. The van der Waals surface area contributed by atoms with Crippen LogP contribution in [0.15, 0.2) is 0 Å². The van der Waals surface area contributed by atoms with Gasteiger partial charge in [-0.05, 0) is 11.8 Å². The van der Waals surface area contributed by atoms with Gasteiger partial charge < -0.3 is 5.32 Å². The molecule has 0 aliphatic rings. The van der Waals surface area contributed by atoms with Crippen LogP contribution in [-0.4, -0.2) is 36.0 Å². The number of halogens is 5. The van der Waals surface area contributed by atoms with Gasteiger partial charge in [-0.25, -0.2) is 8.78 Å². The van der Waals surface area contributed by atoms with Crippen molar-refractivity contribution in [1.82, 2.24) is 5.32 Å². The standard InChI is InChI=1S/C12H18ClF4NO2/c1-11(2,3)5-7(4-8(19)6-13)18-10(20)12(16,17)9(14)15/h7,9H,4-6H2,1-3H3,(H,18,20). The smallest absolute Gasteiger partial charge is 0.347 e. The van der Waals surface area contributed by atoms with E-state index in [2.05, 4.69) is 0 Å². The van der Waals surface area contributed by atoms with E-state index in [-0.39, 0.29) is 24.1 Å². The monoisotopic (exact) mass is 319 g/mol. The Hall–Kier alpha value is -0.850. The normalized spacial score (nSPS) is 14.2. The van der Waals surface area contributed by atoms with Crippen LogP contribution in [0.1, 0.15) is 33.6 Å². The fraction of sp³-hybridized carbons (Fsp3) is 0.833. The fourth-order valence-electron chi connectivity index (χ4n) is 1.62. The first-order valence-electron chi connectivity index (χ1n) is 5.94. The zero-order chi connectivity index (χ0) is 16.1. The molecule has 0 aromatic carbocycles. The molecule has 0 spiro atoms. The quantitative estimate of drug-likeness (QED) is 0.579. The van der Waals surface area contributed by atoms with Gasteiger partial charge in [0.05, 0.1) is 5.88 Å². The summed E-state index contributed by atoms with van der Waals surface area (Å²) in [6, 6.07) is -0.960. The number of carbonyl (C=O) groups excluding carboxylic acids is 2. The minimum absolute atomic E-state index is 0.181. The molecular formula is C12H18ClF4NO2. The number of rotatable bonds is 7. The van der Waals surface area contributed by atoms with Crippen LogP contribution in [0.2, 0.25) is 0 Å². The highest BCUT2D eigenvalue weighted by Gasteiger charge is 2.49. The Bertz CT molecular complexity index is 356. The van der Waals surface area contributed by atoms with Gasteiger partial charge in [0.2, 0.25) is 0 Å². The number of alkyl halides is 5. The molecule has 0 radical (unpaired) electrons. The second-order valence-corrected chi connectivity index (χ2v) is 6.00. The lowest BCUT2D eigenvalue weighted by molar-refractivity contribution is -0.170. The van der Waals surface area contributed by atoms with Crippen molar-refractivity contribution in [2.45, 2.75) is 52.0 Å². The summed E-state index contributed by atoms with van der Waals surface area (Å²) in [5, 5.41) is 1.81. The Morgan fingerprint density at radius 2 is 1.70 bits per heavy atom. The predicted octanol–water partition coefficient (Wildman–Crippen LogP) is 3.01. The van der Waals surface area contributed by atoms with E-state index in [0.29, 0.717) is 0 Å². The van der Waals surface area contributed by atoms with Crippen molar-refractivity contribution in [3.05, 3.63) is 0 Å². The molecule has 1 N–H and O–H groups in total. The molecule has 1 atom stereocenters. The third-order valence-electron chi connectivity index (χ3n) is 2.39. The molecule has 20 heavy (non-hydrogen) atoms. The average Bonchev–Trinajstić information content (AvgIpc) is 2.25. The zero-order valence-corrected chi connectivity index (χ0v) is 12.2. The van der Waals surface area contributed by atoms with Crippen LogP contribution in [0.25, 0.3) is 0 Å². The van der Waals surface area contributed by atoms with Crippen LogP contribution < -0.4 is 5.32 Å². The van der Waals surface area contributed by atoms with Crippen molar-refractivity contribution in [1.29, 1.82) is 0 Å². The van der Waals surface area contributed by atoms with E-state index in [1.807, 2.05) is 5.32 Å². The minimum atomic E-state index is -4.78. The summed E-state index contributed by atoms with van der Waals surface area (Å²) in [6.45, 7) is 5.30. The fourth-order valence-corrected chi connectivity index (χ4v) is 1.73. The van der Waals surface area contributed by atoms with Gasteiger partial charge in [-0.15, -0.1) is 11.6 Å². The van der Waals surface area contributed by atoms with Gasteiger partial charge in [0.25, 0.3) is 5.91 Å². The molecule has 0 aliphatic carbocycles. The number of nitrogens with one attached hydrogen (secondary N) is 1. The number of ketones is 1. The Labute approximate surface area is 120 Å². The SMILES string of the molecule is CC(C)(C)CC(CC(=O)CCl)NC(=O)C(F)(F)C(F)F. The van der Waals surface area contributed by atoms with E-state index in [0.717, 1.165) is 0 Å². The van der Waals surface area contributed by atoms with Crippen LogP contribution >= 0.6 is 11.6 Å². The predicted molar refractivity (Wildman–Crippen MR) is 67.3 cm³/mol. The maximum atomic E-state index is 12.9. The molecule has 1 unspecified atom stereocenters. The van der Waals surface area contributed by atoms with Crippen LogP contribution in [0.3, 0.4) is 0 Å². The summed E-state index contributed by atoms with van der Waals surface area (Å²) in [5.74, 6) is -7.65. The molecule has 0 aromatic heterocycles.